The molecule has 2 fully saturated rings. The van der Waals surface area contributed by atoms with Crippen LogP contribution in [-0.2, 0) is 17.7 Å². The smallest absolute Gasteiger partial charge is 0.101 e. The predicted octanol–water partition coefficient (Wildman–Crippen LogP) is 2.75. The highest BCUT2D eigenvalue weighted by Gasteiger charge is 2.35. The van der Waals surface area contributed by atoms with Crippen LogP contribution >= 0.6 is 0 Å². The van der Waals surface area contributed by atoms with E-state index >= 15 is 0 Å². The Balaban J connectivity index is 1.13. The van der Waals surface area contributed by atoms with Gasteiger partial charge >= 0.3 is 0 Å². The Labute approximate surface area is 206 Å². The summed E-state index contributed by atoms with van der Waals surface area (Å²) >= 11 is 0. The van der Waals surface area contributed by atoms with E-state index in [-0.39, 0.29) is 12.2 Å². The Bertz CT molecular complexity index is 1290. The normalized spacial score (nSPS) is 23.8. The Kier molecular flexibility index (Phi) is 5.72. The lowest BCUT2D eigenvalue weighted by molar-refractivity contribution is -0.0491. The number of morpholine rings is 1. The molecule has 3 aromatic rings. The van der Waals surface area contributed by atoms with Crippen LogP contribution in [0.25, 0.3) is 10.9 Å². The zero-order valence-corrected chi connectivity index (χ0v) is 20.8. The number of nitrogens with zero attached hydrogens (tertiary/aromatic N) is 7. The van der Waals surface area contributed by atoms with Gasteiger partial charge in [0.2, 0.25) is 0 Å². The van der Waals surface area contributed by atoms with Crippen molar-refractivity contribution in [1.29, 1.82) is 5.26 Å². The average Bonchev–Trinajstić information content (AvgIpc) is 3.15. The van der Waals surface area contributed by atoms with Crippen LogP contribution in [0.1, 0.15) is 35.5 Å². The first-order chi connectivity index (χ1) is 17.0. The fourth-order valence-corrected chi connectivity index (χ4v) is 6.02. The molecule has 182 valence electrons. The molecular formula is C27H33N7O. The molecule has 0 radical (unpaired) electrons. The van der Waals surface area contributed by atoms with Gasteiger partial charge in [-0.15, -0.1) is 0 Å². The van der Waals surface area contributed by atoms with Crippen molar-refractivity contribution in [3.8, 4) is 6.07 Å². The largest absolute Gasteiger partial charge is 0.370 e. The number of aromatic nitrogens is 3. The third-order valence-corrected chi connectivity index (χ3v) is 7.80. The summed E-state index contributed by atoms with van der Waals surface area (Å²) < 4.78 is 8.65. The van der Waals surface area contributed by atoms with Crippen LogP contribution in [0.15, 0.2) is 30.5 Å². The van der Waals surface area contributed by atoms with Gasteiger partial charge in [-0.3, -0.25) is 14.6 Å². The van der Waals surface area contributed by atoms with Crippen molar-refractivity contribution in [3.05, 3.63) is 53.0 Å². The van der Waals surface area contributed by atoms with Crippen LogP contribution in [-0.4, -0.2) is 83.1 Å². The van der Waals surface area contributed by atoms with E-state index in [0.29, 0.717) is 11.6 Å². The van der Waals surface area contributed by atoms with E-state index in [4.69, 9.17) is 9.84 Å². The van der Waals surface area contributed by atoms with Crippen molar-refractivity contribution < 1.29 is 4.74 Å². The van der Waals surface area contributed by atoms with Gasteiger partial charge in [0.15, 0.2) is 0 Å². The molecule has 0 bridgehead atoms. The van der Waals surface area contributed by atoms with Crippen LogP contribution in [0.5, 0.6) is 0 Å². The minimum Gasteiger partial charge on any atom is -0.370 e. The molecule has 2 aromatic heterocycles. The lowest BCUT2D eigenvalue weighted by atomic mass is 10.0. The second-order valence-corrected chi connectivity index (χ2v) is 10.4. The molecule has 0 spiro atoms. The van der Waals surface area contributed by atoms with Crippen molar-refractivity contribution in [2.45, 2.75) is 45.1 Å². The number of rotatable bonds is 4. The van der Waals surface area contributed by atoms with E-state index in [0.717, 1.165) is 68.8 Å². The summed E-state index contributed by atoms with van der Waals surface area (Å²) in [6.45, 7) is 11.1. The second-order valence-electron chi connectivity index (χ2n) is 10.4. The SMILES string of the molecule is Cc1c2c(nn1C1CN(CC3CN(c4ccc(C#N)c5ncccc45)CC(C)O3)C1)CCN(C)C2. The van der Waals surface area contributed by atoms with E-state index in [1.165, 1.54) is 17.0 Å². The van der Waals surface area contributed by atoms with E-state index in [1.54, 1.807) is 6.20 Å². The average molecular weight is 472 g/mol. The van der Waals surface area contributed by atoms with Gasteiger partial charge in [0.1, 0.15) is 6.07 Å². The highest BCUT2D eigenvalue weighted by Crippen LogP contribution is 2.32. The Hall–Kier alpha value is -2.99. The Morgan fingerprint density at radius 2 is 2.03 bits per heavy atom. The number of pyridine rings is 1. The van der Waals surface area contributed by atoms with E-state index in [2.05, 4.69) is 63.5 Å². The predicted molar refractivity (Wildman–Crippen MR) is 135 cm³/mol. The van der Waals surface area contributed by atoms with Gasteiger partial charge < -0.3 is 14.5 Å². The summed E-state index contributed by atoms with van der Waals surface area (Å²) in [6, 6.07) is 10.7. The second kappa shape index (κ2) is 8.90. The Morgan fingerprint density at radius 1 is 1.17 bits per heavy atom. The number of hydrogen-bond donors (Lipinski definition) is 0. The number of likely N-dealkylation sites (N-methyl/N-ethyl adjacent to an activating group) is 1. The maximum absolute atomic E-state index is 9.50. The summed E-state index contributed by atoms with van der Waals surface area (Å²) in [6.07, 6.45) is 3.10. The molecule has 0 saturated carbocycles. The van der Waals surface area contributed by atoms with Crippen LogP contribution in [0.3, 0.4) is 0 Å². The van der Waals surface area contributed by atoms with Crippen molar-refractivity contribution in [3.63, 3.8) is 0 Å². The third kappa shape index (κ3) is 4.08. The molecule has 8 nitrogen and oxygen atoms in total. The molecule has 3 aliphatic rings. The maximum Gasteiger partial charge on any atom is 0.101 e. The zero-order chi connectivity index (χ0) is 24.1. The number of hydrogen-bond acceptors (Lipinski definition) is 7. The highest BCUT2D eigenvalue weighted by molar-refractivity contribution is 5.95. The summed E-state index contributed by atoms with van der Waals surface area (Å²) in [5.74, 6) is 0. The molecule has 8 heteroatoms. The number of likely N-dealkylation sites (tertiary alicyclic amines) is 1. The van der Waals surface area contributed by atoms with Crippen LogP contribution in [0.2, 0.25) is 0 Å². The number of ether oxygens (including phenoxy) is 1. The lowest BCUT2D eigenvalue weighted by Gasteiger charge is -2.45. The van der Waals surface area contributed by atoms with Crippen LogP contribution in [0, 0.1) is 18.3 Å². The van der Waals surface area contributed by atoms with Gasteiger partial charge in [-0.2, -0.15) is 10.4 Å². The minimum atomic E-state index is 0.141. The molecular weight excluding hydrogens is 438 g/mol. The molecule has 6 rings (SSSR count). The van der Waals surface area contributed by atoms with Gasteiger partial charge in [0, 0.05) is 80.8 Å². The standard InChI is InChI=1S/C27H33N7O/c1-18-12-33(26-7-6-20(11-28)27-23(26)5-4-9-29-27)16-22(35-18)15-32-13-21(14-32)34-19(2)24-17-31(3)10-8-25(24)30-34/h4-7,9,18,21-22H,8,10,12-17H2,1-3H3. The molecule has 0 amide bonds. The van der Waals surface area contributed by atoms with Gasteiger partial charge in [0.05, 0.1) is 35.0 Å². The molecule has 3 aliphatic heterocycles. The zero-order valence-electron chi connectivity index (χ0n) is 20.8. The van der Waals surface area contributed by atoms with E-state index in [9.17, 15) is 5.26 Å². The first kappa shape index (κ1) is 22.5. The monoisotopic (exact) mass is 471 g/mol. The van der Waals surface area contributed by atoms with Crippen LogP contribution in [0.4, 0.5) is 5.69 Å². The summed E-state index contributed by atoms with van der Waals surface area (Å²) in [4.78, 5) is 11.8. The van der Waals surface area contributed by atoms with Gasteiger partial charge in [-0.25, -0.2) is 0 Å². The summed E-state index contributed by atoms with van der Waals surface area (Å²) in [5.41, 5.74) is 6.60. The van der Waals surface area contributed by atoms with Crippen molar-refractivity contribution >= 4 is 16.6 Å². The van der Waals surface area contributed by atoms with E-state index < -0.39 is 0 Å². The van der Waals surface area contributed by atoms with Crippen molar-refractivity contribution in [2.24, 2.45) is 0 Å². The topological polar surface area (TPSA) is 73.5 Å². The van der Waals surface area contributed by atoms with Crippen LogP contribution < -0.4 is 4.90 Å². The van der Waals surface area contributed by atoms with Crippen molar-refractivity contribution in [2.75, 3.05) is 51.2 Å². The molecule has 1 aromatic carbocycles. The number of anilines is 1. The third-order valence-electron chi connectivity index (χ3n) is 7.80. The summed E-state index contributed by atoms with van der Waals surface area (Å²) in [7, 11) is 2.19. The number of fused-ring (bicyclic) bond motifs is 2. The minimum absolute atomic E-state index is 0.141. The lowest BCUT2D eigenvalue weighted by Crippen LogP contribution is -2.56. The molecule has 2 atom stereocenters. The molecule has 0 N–H and O–H groups in total. The summed E-state index contributed by atoms with van der Waals surface area (Å²) in [5, 5.41) is 15.5. The van der Waals surface area contributed by atoms with Crippen molar-refractivity contribution in [1.82, 2.24) is 24.6 Å². The number of nitriles is 1. The molecule has 0 aliphatic carbocycles. The molecule has 2 saturated heterocycles. The molecule has 35 heavy (non-hydrogen) atoms. The van der Waals surface area contributed by atoms with Gasteiger partial charge in [-0.1, -0.05) is 0 Å². The maximum atomic E-state index is 9.50. The fraction of sp³-hybridized carbons (Fsp3) is 0.519. The number of benzene rings is 1. The van der Waals surface area contributed by atoms with Gasteiger partial charge in [-0.05, 0) is 45.2 Å². The highest BCUT2D eigenvalue weighted by atomic mass is 16.5. The van der Waals surface area contributed by atoms with E-state index in [1.807, 2.05) is 12.1 Å². The Morgan fingerprint density at radius 3 is 2.86 bits per heavy atom. The molecule has 5 heterocycles. The first-order valence-corrected chi connectivity index (χ1v) is 12.7. The first-order valence-electron chi connectivity index (χ1n) is 12.7. The fourth-order valence-electron chi connectivity index (χ4n) is 6.02. The van der Waals surface area contributed by atoms with Gasteiger partial charge in [0.25, 0.3) is 0 Å². The molecule has 2 unspecified atom stereocenters. The quantitative estimate of drug-likeness (QED) is 0.579.